The zero-order chi connectivity index (χ0) is 31.0. The summed E-state index contributed by atoms with van der Waals surface area (Å²) in [6.45, 7) is 17.8. The normalized spacial score (nSPS) is 11.5. The van der Waals surface area contributed by atoms with E-state index >= 15 is 0 Å². The number of ether oxygens (including phenoxy) is 1. The third-order valence-electron chi connectivity index (χ3n) is 5.25. The molecular formula is C29H40BrF3N4O4S. The van der Waals surface area contributed by atoms with Gasteiger partial charge < -0.3 is 25.3 Å². The molecule has 3 rings (SSSR count). The van der Waals surface area contributed by atoms with Gasteiger partial charge >= 0.3 is 12.3 Å². The van der Waals surface area contributed by atoms with Crippen molar-refractivity contribution in [1.82, 2.24) is 14.9 Å². The number of carboxylic acid groups (broad SMARTS) is 1. The number of hydrogen-bond acceptors (Lipinski definition) is 7. The van der Waals surface area contributed by atoms with Crippen molar-refractivity contribution in [3.63, 3.8) is 0 Å². The summed E-state index contributed by atoms with van der Waals surface area (Å²) in [6.07, 6.45) is -5.59. The summed E-state index contributed by atoms with van der Waals surface area (Å²) < 4.78 is 40.4. The molecule has 1 aliphatic carbocycles. The molecule has 1 aromatic rings. The first-order valence-corrected chi connectivity index (χ1v) is 14.2. The molecular weight excluding hydrogens is 637 g/mol. The number of rotatable bonds is 8. The average molecular weight is 678 g/mol. The summed E-state index contributed by atoms with van der Waals surface area (Å²) in [7, 11) is 0. The Morgan fingerprint density at radius 1 is 1.00 bits per heavy atom. The molecule has 42 heavy (non-hydrogen) atoms. The number of anilines is 1. The maximum atomic E-state index is 11.8. The maximum Gasteiger partial charge on any atom is 0.430 e. The van der Waals surface area contributed by atoms with Crippen LogP contribution in [-0.4, -0.2) is 55.0 Å². The summed E-state index contributed by atoms with van der Waals surface area (Å²) in [4.78, 5) is 26.6. The Balaban J connectivity index is 0.000000981. The Kier molecular flexibility index (Phi) is 14.2. The summed E-state index contributed by atoms with van der Waals surface area (Å²) in [5.74, 6) is -1.80. The standard InChI is InChI=1S/C27H38N4O2S.C2HF3O2.BrH/c1-18(2)16-31(17-19(3)4)21-9-11-23-25(15-21)34-24-14-20(8-10-22(24)30-23)28-12-13-29-26(32)33-27(5,6)7;3-2(4,5)1(6)7;/h8-11,14-15,18-19H,12-13,16-17H2,1-7H3,(H,29,32);(H,6,7);1H. The Hall–Kier alpha value is -2.93. The zero-order valence-electron chi connectivity index (χ0n) is 24.9. The van der Waals surface area contributed by atoms with Crippen molar-refractivity contribution in [1.29, 1.82) is 0 Å². The highest BCUT2D eigenvalue weighted by atomic mass is 79.9. The number of hydrogen-bond donors (Lipinski definition) is 2. The number of nitrogens with zero attached hydrogens (tertiary/aromatic N) is 2. The van der Waals surface area contributed by atoms with Crippen LogP contribution in [0.25, 0.3) is 20.8 Å². The van der Waals surface area contributed by atoms with Gasteiger partial charge in [-0.2, -0.15) is 13.2 Å². The third-order valence-corrected chi connectivity index (χ3v) is 6.35. The fourth-order valence-corrected chi connectivity index (χ4v) is 4.81. The minimum atomic E-state index is -5.19. The molecule has 0 atom stereocenters. The van der Waals surface area contributed by atoms with Gasteiger partial charge in [0.2, 0.25) is 5.36 Å². The number of aromatic nitrogens is 1. The van der Waals surface area contributed by atoms with Crippen LogP contribution in [0.5, 0.6) is 0 Å². The Morgan fingerprint density at radius 3 is 2.12 bits per heavy atom. The summed E-state index contributed by atoms with van der Waals surface area (Å²) in [5, 5.41) is 16.2. The number of amides is 1. The largest absolute Gasteiger partial charge is 0.542 e. The molecule has 1 aromatic carbocycles. The molecule has 0 saturated carbocycles. The van der Waals surface area contributed by atoms with Crippen molar-refractivity contribution in [2.24, 2.45) is 11.8 Å². The van der Waals surface area contributed by atoms with E-state index in [9.17, 15) is 18.0 Å². The lowest BCUT2D eigenvalue weighted by molar-refractivity contribution is -0.344. The van der Waals surface area contributed by atoms with E-state index in [1.807, 2.05) is 32.9 Å². The van der Waals surface area contributed by atoms with E-state index in [1.54, 1.807) is 11.3 Å². The van der Waals surface area contributed by atoms with Gasteiger partial charge in [-0.1, -0.05) is 27.7 Å². The van der Waals surface area contributed by atoms with E-state index in [0.717, 1.165) is 34.7 Å². The molecule has 2 aliphatic rings. The summed E-state index contributed by atoms with van der Waals surface area (Å²) >= 11 is 1.77. The third kappa shape index (κ3) is 12.9. The predicted molar refractivity (Wildman–Crippen MR) is 165 cm³/mol. The van der Waals surface area contributed by atoms with Gasteiger partial charge in [-0.25, -0.2) is 14.4 Å². The topological polar surface area (TPSA) is 106 Å². The fourth-order valence-electron chi connectivity index (χ4n) is 3.77. The van der Waals surface area contributed by atoms with Crippen molar-refractivity contribution in [3.8, 4) is 10.6 Å². The fraction of sp³-hybridized carbons (Fsp3) is 0.517. The van der Waals surface area contributed by atoms with Crippen LogP contribution in [0, 0.1) is 11.8 Å². The van der Waals surface area contributed by atoms with E-state index in [-0.39, 0.29) is 17.0 Å². The van der Waals surface area contributed by atoms with Gasteiger partial charge in [0.05, 0.1) is 20.8 Å². The van der Waals surface area contributed by atoms with Gasteiger partial charge in [-0.15, -0.1) is 28.3 Å². The monoisotopic (exact) mass is 676 g/mol. The lowest BCUT2D eigenvalue weighted by atomic mass is 10.1. The van der Waals surface area contributed by atoms with E-state index < -0.39 is 23.8 Å². The van der Waals surface area contributed by atoms with Crippen LogP contribution in [0.15, 0.2) is 36.4 Å². The highest BCUT2D eigenvalue weighted by Gasteiger charge is 2.28. The SMILES string of the molecule is Br.CC(C)C[N+](CC(C)C)=c1ccc2nc3ccc(NCCNC(=O)OC(C)(C)C)cc3sc-2c1.O=C([O-])C(F)(F)F. The molecule has 0 unspecified atom stereocenters. The van der Waals surface area contributed by atoms with Gasteiger partial charge in [0.25, 0.3) is 0 Å². The van der Waals surface area contributed by atoms with Gasteiger partial charge in [-0.05, 0) is 45.0 Å². The average Bonchev–Trinajstić information content (AvgIpc) is 2.82. The Bertz CT molecular complexity index is 1360. The number of alkyl halides is 3. The molecule has 0 saturated heterocycles. The second-order valence-corrected chi connectivity index (χ2v) is 12.5. The minimum absolute atomic E-state index is 0. The molecule has 1 aliphatic heterocycles. The molecule has 13 heteroatoms. The number of halogens is 4. The van der Waals surface area contributed by atoms with Crippen LogP contribution < -0.4 is 25.7 Å². The van der Waals surface area contributed by atoms with Crippen molar-refractivity contribution in [2.75, 3.05) is 31.5 Å². The number of carbonyl (C=O) groups is 2. The molecule has 0 radical (unpaired) electrons. The van der Waals surface area contributed by atoms with E-state index in [1.165, 1.54) is 10.2 Å². The quantitative estimate of drug-likeness (QED) is 0.191. The number of carbonyl (C=O) groups excluding carboxylic acids is 2. The van der Waals surface area contributed by atoms with Crippen LogP contribution in [0.2, 0.25) is 0 Å². The molecule has 0 bridgehead atoms. The lowest BCUT2D eigenvalue weighted by Crippen LogP contribution is -2.37. The summed E-state index contributed by atoms with van der Waals surface area (Å²) in [6, 6.07) is 12.8. The molecule has 2 N–H and O–H groups in total. The maximum absolute atomic E-state index is 11.8. The first-order chi connectivity index (χ1) is 18.9. The van der Waals surface area contributed by atoms with Gasteiger partial charge in [0.1, 0.15) is 24.7 Å². The molecule has 1 heterocycles. The second-order valence-electron chi connectivity index (χ2n) is 11.4. The Labute approximate surface area is 259 Å². The van der Waals surface area contributed by atoms with Crippen LogP contribution in [0.4, 0.5) is 23.7 Å². The number of nitrogens with one attached hydrogen (secondary N) is 2. The lowest BCUT2D eigenvalue weighted by Gasteiger charge is -2.19. The molecule has 0 aromatic heterocycles. The number of aliphatic carboxylic acids is 1. The number of benzene rings is 2. The van der Waals surface area contributed by atoms with Crippen molar-refractivity contribution >= 4 is 56.3 Å². The zero-order valence-corrected chi connectivity index (χ0v) is 27.5. The van der Waals surface area contributed by atoms with E-state index in [2.05, 4.69) is 67.2 Å². The highest BCUT2D eigenvalue weighted by Crippen LogP contribution is 2.31. The predicted octanol–water partition coefficient (Wildman–Crippen LogP) is 5.30. The smallest absolute Gasteiger partial charge is 0.430 e. The van der Waals surface area contributed by atoms with Crippen LogP contribution >= 0.6 is 28.3 Å². The number of fused-ring (bicyclic) bond motifs is 2. The van der Waals surface area contributed by atoms with Gasteiger partial charge in [0, 0.05) is 42.7 Å². The minimum Gasteiger partial charge on any atom is -0.542 e. The molecule has 0 spiro atoms. The highest BCUT2D eigenvalue weighted by molar-refractivity contribution is 8.93. The van der Waals surface area contributed by atoms with Crippen molar-refractivity contribution in [2.45, 2.75) is 60.2 Å². The van der Waals surface area contributed by atoms with Crippen LogP contribution in [0.3, 0.4) is 0 Å². The molecule has 8 nitrogen and oxygen atoms in total. The summed E-state index contributed by atoms with van der Waals surface area (Å²) in [5.41, 5.74) is 2.53. The first kappa shape index (κ1) is 37.1. The van der Waals surface area contributed by atoms with E-state index in [0.29, 0.717) is 24.9 Å². The Morgan fingerprint density at radius 2 is 1.60 bits per heavy atom. The van der Waals surface area contributed by atoms with Crippen molar-refractivity contribution in [3.05, 3.63) is 41.8 Å². The molecule has 0 fully saturated rings. The first-order valence-electron chi connectivity index (χ1n) is 13.4. The second kappa shape index (κ2) is 16.1. The molecule has 234 valence electrons. The van der Waals surface area contributed by atoms with Crippen LogP contribution in [-0.2, 0) is 9.53 Å². The van der Waals surface area contributed by atoms with Gasteiger partial charge in [0.15, 0.2) is 0 Å². The molecule has 1 amide bonds. The number of carboxylic acids is 1. The van der Waals surface area contributed by atoms with E-state index in [4.69, 9.17) is 19.6 Å². The number of alkyl carbamates (subject to hydrolysis) is 1. The van der Waals surface area contributed by atoms with Gasteiger partial charge in [-0.3, -0.25) is 0 Å². The van der Waals surface area contributed by atoms with Crippen molar-refractivity contribution < 1.29 is 32.6 Å². The van der Waals surface area contributed by atoms with Crippen LogP contribution in [0.1, 0.15) is 48.5 Å².